The Balaban J connectivity index is 1.89. The Morgan fingerprint density at radius 2 is 1.71 bits per heavy atom. The Morgan fingerprint density at radius 3 is 2.24 bits per heavy atom. The van der Waals surface area contributed by atoms with Crippen molar-refractivity contribution in [2.24, 2.45) is 5.92 Å². The van der Waals surface area contributed by atoms with Crippen LogP contribution in [0.25, 0.3) is 0 Å². The molecule has 0 bridgehead atoms. The number of hydrogen-bond acceptors (Lipinski definition) is 3. The molecule has 0 radical (unpaired) electrons. The molecule has 2 fully saturated rings. The van der Waals surface area contributed by atoms with Crippen LogP contribution in [0.3, 0.4) is 0 Å². The molecule has 1 N–H and O–H groups in total. The van der Waals surface area contributed by atoms with Crippen LogP contribution in [-0.4, -0.2) is 29.5 Å². The third-order valence-corrected chi connectivity index (χ3v) is 4.58. The highest BCUT2D eigenvalue weighted by atomic mass is 16.7. The van der Waals surface area contributed by atoms with E-state index in [9.17, 15) is 5.11 Å². The van der Waals surface area contributed by atoms with E-state index in [1.807, 2.05) is 0 Å². The van der Waals surface area contributed by atoms with Gasteiger partial charge in [0.15, 0.2) is 0 Å². The molecule has 1 aliphatic heterocycles. The van der Waals surface area contributed by atoms with Crippen molar-refractivity contribution >= 4 is 7.12 Å². The van der Waals surface area contributed by atoms with Crippen molar-refractivity contribution in [2.45, 2.75) is 77.0 Å². The number of aliphatic hydroxyl groups excluding tert-OH is 1. The lowest BCUT2D eigenvalue weighted by Gasteiger charge is -2.32. The smallest absolute Gasteiger partial charge is 0.403 e. The van der Waals surface area contributed by atoms with Gasteiger partial charge in [0.1, 0.15) is 0 Å². The van der Waals surface area contributed by atoms with Gasteiger partial charge in [-0.2, -0.15) is 0 Å². The maximum Gasteiger partial charge on any atom is 0.458 e. The van der Waals surface area contributed by atoms with E-state index in [0.29, 0.717) is 5.92 Å². The first kappa shape index (κ1) is 13.4. The van der Waals surface area contributed by atoms with Crippen LogP contribution in [0.1, 0.15) is 53.4 Å². The molecule has 0 spiro atoms. The minimum atomic E-state index is -0.231. The van der Waals surface area contributed by atoms with Crippen molar-refractivity contribution in [3.05, 3.63) is 0 Å². The zero-order valence-corrected chi connectivity index (χ0v) is 11.5. The number of rotatable bonds is 2. The molecule has 0 aromatic rings. The van der Waals surface area contributed by atoms with Gasteiger partial charge in [-0.1, -0.05) is 12.8 Å². The van der Waals surface area contributed by atoms with E-state index in [1.165, 1.54) is 6.42 Å². The highest BCUT2D eigenvalue weighted by Crippen LogP contribution is 2.40. The molecule has 0 aromatic carbocycles. The molecule has 1 saturated carbocycles. The average Bonchev–Trinajstić information content (AvgIpc) is 2.34. The molecule has 4 heteroatoms. The first-order chi connectivity index (χ1) is 7.80. The second-order valence-electron chi connectivity index (χ2n) is 6.61. The molecule has 3 nitrogen and oxygen atoms in total. The maximum atomic E-state index is 9.68. The highest BCUT2D eigenvalue weighted by Gasteiger charge is 2.51. The summed E-state index contributed by atoms with van der Waals surface area (Å²) in [5.74, 6) is 0.549. The molecule has 17 heavy (non-hydrogen) atoms. The third kappa shape index (κ3) is 2.86. The molecule has 2 atom stereocenters. The van der Waals surface area contributed by atoms with Crippen molar-refractivity contribution < 1.29 is 14.4 Å². The lowest BCUT2D eigenvalue weighted by Crippen LogP contribution is -2.41. The topological polar surface area (TPSA) is 38.7 Å². The van der Waals surface area contributed by atoms with Gasteiger partial charge in [-0.25, -0.2) is 0 Å². The van der Waals surface area contributed by atoms with Gasteiger partial charge >= 0.3 is 7.12 Å². The van der Waals surface area contributed by atoms with Crippen molar-refractivity contribution in [1.29, 1.82) is 0 Å². The summed E-state index contributed by atoms with van der Waals surface area (Å²) >= 11 is 0. The summed E-state index contributed by atoms with van der Waals surface area (Å²) in [7, 11) is -0.102. The van der Waals surface area contributed by atoms with Crippen molar-refractivity contribution in [3.8, 4) is 0 Å². The molecule has 2 unspecified atom stereocenters. The Labute approximate surface area is 105 Å². The molecule has 0 aromatic heterocycles. The van der Waals surface area contributed by atoms with Crippen LogP contribution in [0, 0.1) is 5.92 Å². The number of hydrogen-bond donors (Lipinski definition) is 1. The maximum absolute atomic E-state index is 9.68. The minimum absolute atomic E-state index is 0.102. The monoisotopic (exact) mass is 240 g/mol. The van der Waals surface area contributed by atoms with E-state index in [2.05, 4.69) is 27.7 Å². The van der Waals surface area contributed by atoms with E-state index in [-0.39, 0.29) is 24.4 Å². The van der Waals surface area contributed by atoms with Crippen molar-refractivity contribution in [2.75, 3.05) is 0 Å². The molecule has 2 aliphatic rings. The van der Waals surface area contributed by atoms with Crippen LogP contribution in [0.2, 0.25) is 6.32 Å². The van der Waals surface area contributed by atoms with E-state index < -0.39 is 0 Å². The van der Waals surface area contributed by atoms with E-state index in [4.69, 9.17) is 9.31 Å². The van der Waals surface area contributed by atoms with Crippen LogP contribution >= 0.6 is 0 Å². The van der Waals surface area contributed by atoms with E-state index >= 15 is 0 Å². The minimum Gasteiger partial charge on any atom is -0.403 e. The lowest BCUT2D eigenvalue weighted by molar-refractivity contribution is 0.00578. The second-order valence-corrected chi connectivity index (χ2v) is 6.61. The van der Waals surface area contributed by atoms with Gasteiger partial charge in [-0.15, -0.1) is 0 Å². The predicted octanol–water partition coefficient (Wildman–Crippen LogP) is 2.63. The van der Waals surface area contributed by atoms with Gasteiger partial charge < -0.3 is 14.4 Å². The molecule has 98 valence electrons. The Kier molecular flexibility index (Phi) is 3.59. The standard InChI is InChI=1S/C13H25BO3/c1-12(2)13(3,4)17-14(16-12)9-10-6-5-7-11(15)8-10/h10-11,15H,5-9H2,1-4H3. The average molecular weight is 240 g/mol. The largest absolute Gasteiger partial charge is 0.458 e. The Bertz CT molecular complexity index is 262. The fraction of sp³-hybridized carbons (Fsp3) is 1.00. The molecule has 1 aliphatic carbocycles. The summed E-state index contributed by atoms with van der Waals surface area (Å²) in [6.07, 6.45) is 5.00. The van der Waals surface area contributed by atoms with Gasteiger partial charge in [0.25, 0.3) is 0 Å². The van der Waals surface area contributed by atoms with Gasteiger partial charge in [0.2, 0.25) is 0 Å². The first-order valence-corrected chi connectivity index (χ1v) is 6.84. The van der Waals surface area contributed by atoms with Crippen LogP contribution in [0.4, 0.5) is 0 Å². The molecular weight excluding hydrogens is 215 g/mol. The van der Waals surface area contributed by atoms with Gasteiger partial charge in [0, 0.05) is 0 Å². The van der Waals surface area contributed by atoms with Crippen molar-refractivity contribution in [3.63, 3.8) is 0 Å². The summed E-state index contributed by atoms with van der Waals surface area (Å²) < 4.78 is 12.0. The normalized spacial score (nSPS) is 36.2. The Morgan fingerprint density at radius 1 is 1.12 bits per heavy atom. The molecular formula is C13H25BO3. The molecule has 1 saturated heterocycles. The van der Waals surface area contributed by atoms with E-state index in [0.717, 1.165) is 25.6 Å². The summed E-state index contributed by atoms with van der Waals surface area (Å²) in [5.41, 5.74) is -0.462. The quantitative estimate of drug-likeness (QED) is 0.754. The van der Waals surface area contributed by atoms with Gasteiger partial charge in [0.05, 0.1) is 17.3 Å². The SMILES string of the molecule is CC1(C)OB(CC2CCCC(O)C2)OC1(C)C. The zero-order chi connectivity index (χ0) is 12.7. The molecule has 1 heterocycles. The summed E-state index contributed by atoms with van der Waals surface area (Å²) in [6, 6.07) is 0. The molecule has 2 rings (SSSR count). The Hall–Kier alpha value is -0.0551. The van der Waals surface area contributed by atoms with E-state index in [1.54, 1.807) is 0 Å². The number of aliphatic hydroxyl groups is 1. The fourth-order valence-electron chi connectivity index (χ4n) is 2.81. The zero-order valence-electron chi connectivity index (χ0n) is 11.5. The van der Waals surface area contributed by atoms with Crippen LogP contribution < -0.4 is 0 Å². The van der Waals surface area contributed by atoms with Crippen LogP contribution in [0.5, 0.6) is 0 Å². The predicted molar refractivity (Wildman–Crippen MR) is 68.9 cm³/mol. The summed E-state index contributed by atoms with van der Waals surface area (Å²) in [6.45, 7) is 8.34. The summed E-state index contributed by atoms with van der Waals surface area (Å²) in [4.78, 5) is 0. The third-order valence-electron chi connectivity index (χ3n) is 4.58. The fourth-order valence-corrected chi connectivity index (χ4v) is 2.81. The van der Waals surface area contributed by atoms with Crippen LogP contribution in [-0.2, 0) is 9.31 Å². The molecule has 0 amide bonds. The van der Waals surface area contributed by atoms with Gasteiger partial charge in [-0.3, -0.25) is 0 Å². The lowest BCUT2D eigenvalue weighted by atomic mass is 9.71. The van der Waals surface area contributed by atoms with Crippen LogP contribution in [0.15, 0.2) is 0 Å². The van der Waals surface area contributed by atoms with Crippen molar-refractivity contribution in [1.82, 2.24) is 0 Å². The van der Waals surface area contributed by atoms with Gasteiger partial charge in [-0.05, 0) is 52.8 Å². The first-order valence-electron chi connectivity index (χ1n) is 6.84. The second kappa shape index (κ2) is 4.56. The summed E-state index contributed by atoms with van der Waals surface area (Å²) in [5, 5.41) is 9.68. The highest BCUT2D eigenvalue weighted by molar-refractivity contribution is 6.45.